The summed E-state index contributed by atoms with van der Waals surface area (Å²) in [6.07, 6.45) is 1.66. The molecule has 2 N–H and O–H groups in total. The monoisotopic (exact) mass is 376 g/mol. The molecule has 4 aromatic rings. The van der Waals surface area contributed by atoms with Crippen LogP contribution in [0.15, 0.2) is 53.5 Å². The van der Waals surface area contributed by atoms with Gasteiger partial charge in [-0.3, -0.25) is 9.36 Å². The minimum atomic E-state index is -0.993. The highest BCUT2D eigenvalue weighted by molar-refractivity contribution is 5.94. The van der Waals surface area contributed by atoms with Crippen molar-refractivity contribution in [1.82, 2.24) is 14.2 Å². The molecule has 28 heavy (non-hydrogen) atoms. The molecule has 2 aromatic carbocycles. The molecular weight excluding hydrogens is 356 g/mol. The second kappa shape index (κ2) is 6.53. The fraction of sp³-hybridized carbons (Fsp3) is 0.190. The first-order valence-electron chi connectivity index (χ1n) is 8.94. The molecule has 2 heterocycles. The molecule has 0 aliphatic heterocycles. The number of nitrogens with one attached hydrogen (secondary N) is 1. The van der Waals surface area contributed by atoms with Gasteiger partial charge >= 0.3 is 5.97 Å². The number of carboxylic acid groups (broad SMARTS) is 1. The molecule has 0 fully saturated rings. The molecule has 0 aliphatic rings. The standard InChI is InChI=1S/C21H20N4O3/c1-12-10-15(13(2)23-17-7-5-4-6-14(17)21(27)28)19-16(11-12)20(26)24(3)18-8-9-22-25(18)19/h4-11,13,23H,1-3H3,(H,27,28). The normalized spacial score (nSPS) is 12.4. The Morgan fingerprint density at radius 2 is 1.96 bits per heavy atom. The molecular formula is C21H20N4O3. The highest BCUT2D eigenvalue weighted by atomic mass is 16.4. The van der Waals surface area contributed by atoms with Crippen LogP contribution in [0.5, 0.6) is 0 Å². The van der Waals surface area contributed by atoms with Crippen molar-refractivity contribution in [2.75, 3.05) is 5.32 Å². The van der Waals surface area contributed by atoms with E-state index in [0.717, 1.165) is 16.6 Å². The van der Waals surface area contributed by atoms with Crippen LogP contribution in [0.2, 0.25) is 0 Å². The van der Waals surface area contributed by atoms with Crippen LogP contribution >= 0.6 is 0 Å². The van der Waals surface area contributed by atoms with Crippen molar-refractivity contribution in [2.45, 2.75) is 19.9 Å². The van der Waals surface area contributed by atoms with Crippen molar-refractivity contribution in [3.63, 3.8) is 0 Å². The van der Waals surface area contributed by atoms with Gasteiger partial charge in [0.05, 0.1) is 28.7 Å². The number of carbonyl (C=O) groups is 1. The van der Waals surface area contributed by atoms with Gasteiger partial charge in [0.15, 0.2) is 0 Å². The SMILES string of the molecule is Cc1cc(C(C)Nc2ccccc2C(=O)O)c2c(c1)c(=O)n(C)c1ccnn21. The molecule has 1 atom stereocenters. The van der Waals surface area contributed by atoms with Crippen molar-refractivity contribution in [3.05, 3.63) is 75.7 Å². The van der Waals surface area contributed by atoms with Crippen LogP contribution < -0.4 is 10.9 Å². The van der Waals surface area contributed by atoms with E-state index in [0.29, 0.717) is 16.7 Å². The smallest absolute Gasteiger partial charge is 0.337 e. The summed E-state index contributed by atoms with van der Waals surface area (Å²) >= 11 is 0. The Bertz CT molecular complexity index is 1290. The Balaban J connectivity index is 1.94. The van der Waals surface area contributed by atoms with Gasteiger partial charge in [-0.1, -0.05) is 18.2 Å². The number of anilines is 1. The van der Waals surface area contributed by atoms with E-state index >= 15 is 0 Å². The van der Waals surface area contributed by atoms with Crippen LogP contribution in [0.25, 0.3) is 16.6 Å². The molecule has 4 rings (SSSR count). The first-order valence-corrected chi connectivity index (χ1v) is 8.94. The fourth-order valence-electron chi connectivity index (χ4n) is 3.65. The summed E-state index contributed by atoms with van der Waals surface area (Å²) in [6.45, 7) is 3.88. The molecule has 142 valence electrons. The van der Waals surface area contributed by atoms with Crippen molar-refractivity contribution in [2.24, 2.45) is 7.05 Å². The average molecular weight is 376 g/mol. The second-order valence-electron chi connectivity index (χ2n) is 6.93. The highest BCUT2D eigenvalue weighted by Gasteiger charge is 2.19. The van der Waals surface area contributed by atoms with Crippen LogP contribution in [0.4, 0.5) is 5.69 Å². The maximum atomic E-state index is 12.9. The molecule has 1 unspecified atom stereocenters. The van der Waals surface area contributed by atoms with Gasteiger partial charge in [0, 0.05) is 24.4 Å². The van der Waals surface area contributed by atoms with Crippen molar-refractivity contribution in [1.29, 1.82) is 0 Å². The molecule has 7 nitrogen and oxygen atoms in total. The molecule has 0 saturated carbocycles. The van der Waals surface area contributed by atoms with E-state index < -0.39 is 5.97 Å². The maximum Gasteiger partial charge on any atom is 0.337 e. The van der Waals surface area contributed by atoms with E-state index in [1.165, 1.54) is 0 Å². The summed E-state index contributed by atoms with van der Waals surface area (Å²) in [5.74, 6) is -0.993. The molecule has 0 radical (unpaired) electrons. The Kier molecular flexibility index (Phi) is 4.15. The van der Waals surface area contributed by atoms with Crippen LogP contribution in [-0.4, -0.2) is 25.3 Å². The third-order valence-electron chi connectivity index (χ3n) is 4.99. The summed E-state index contributed by atoms with van der Waals surface area (Å²) in [4.78, 5) is 24.4. The predicted octanol–water partition coefficient (Wildman–Crippen LogP) is 3.37. The average Bonchev–Trinajstić information content (AvgIpc) is 3.15. The lowest BCUT2D eigenvalue weighted by Crippen LogP contribution is -2.22. The molecule has 0 saturated heterocycles. The van der Waals surface area contributed by atoms with Gasteiger partial charge in [-0.2, -0.15) is 5.10 Å². The summed E-state index contributed by atoms with van der Waals surface area (Å²) in [7, 11) is 1.73. The number of para-hydroxylation sites is 1. The summed E-state index contributed by atoms with van der Waals surface area (Å²) in [5.41, 5.74) is 3.88. The van der Waals surface area contributed by atoms with E-state index in [9.17, 15) is 14.7 Å². The lowest BCUT2D eigenvalue weighted by Gasteiger charge is -2.20. The lowest BCUT2D eigenvalue weighted by atomic mass is 10.0. The number of rotatable bonds is 4. The Hall–Kier alpha value is -3.61. The number of hydrogen-bond acceptors (Lipinski definition) is 4. The number of hydrogen-bond donors (Lipinski definition) is 2. The second-order valence-corrected chi connectivity index (χ2v) is 6.93. The molecule has 0 amide bonds. The Morgan fingerprint density at radius 1 is 1.21 bits per heavy atom. The molecule has 2 aromatic heterocycles. The number of aromatic nitrogens is 3. The van der Waals surface area contributed by atoms with Gasteiger partial charge in [-0.05, 0) is 37.6 Å². The zero-order valence-electron chi connectivity index (χ0n) is 15.8. The fourth-order valence-corrected chi connectivity index (χ4v) is 3.65. The molecule has 0 aliphatic carbocycles. The third kappa shape index (κ3) is 2.72. The van der Waals surface area contributed by atoms with Gasteiger partial charge in [0.25, 0.3) is 5.56 Å². The highest BCUT2D eigenvalue weighted by Crippen LogP contribution is 2.28. The molecule has 0 spiro atoms. The lowest BCUT2D eigenvalue weighted by molar-refractivity contribution is 0.0698. The Morgan fingerprint density at radius 3 is 2.71 bits per heavy atom. The number of carboxylic acids is 1. The first-order chi connectivity index (χ1) is 13.4. The van der Waals surface area contributed by atoms with Crippen molar-refractivity contribution in [3.8, 4) is 0 Å². The predicted molar refractivity (Wildman–Crippen MR) is 108 cm³/mol. The van der Waals surface area contributed by atoms with Crippen LogP contribution in [-0.2, 0) is 7.05 Å². The first kappa shape index (κ1) is 17.8. The minimum Gasteiger partial charge on any atom is -0.478 e. The van der Waals surface area contributed by atoms with Gasteiger partial charge in [0.1, 0.15) is 5.65 Å². The quantitative estimate of drug-likeness (QED) is 0.570. The van der Waals surface area contributed by atoms with Crippen molar-refractivity contribution < 1.29 is 9.90 Å². The zero-order valence-corrected chi connectivity index (χ0v) is 15.8. The van der Waals surface area contributed by atoms with E-state index in [-0.39, 0.29) is 17.2 Å². The van der Waals surface area contributed by atoms with Crippen LogP contribution in [0.3, 0.4) is 0 Å². The van der Waals surface area contributed by atoms with E-state index in [1.807, 2.05) is 26.0 Å². The molecule has 7 heteroatoms. The van der Waals surface area contributed by atoms with Gasteiger partial charge in [-0.25, -0.2) is 9.31 Å². The third-order valence-corrected chi connectivity index (χ3v) is 4.99. The largest absolute Gasteiger partial charge is 0.478 e. The summed E-state index contributed by atoms with van der Waals surface area (Å²) < 4.78 is 3.34. The topological polar surface area (TPSA) is 88.6 Å². The minimum absolute atomic E-state index is 0.0916. The van der Waals surface area contributed by atoms with Crippen LogP contribution in [0.1, 0.15) is 34.5 Å². The number of benzene rings is 2. The van der Waals surface area contributed by atoms with E-state index in [1.54, 1.807) is 52.7 Å². The van der Waals surface area contributed by atoms with Gasteiger partial charge in [0.2, 0.25) is 0 Å². The number of aromatic carboxylic acids is 1. The molecule has 0 bridgehead atoms. The van der Waals surface area contributed by atoms with Crippen LogP contribution in [0, 0.1) is 6.92 Å². The van der Waals surface area contributed by atoms with Gasteiger partial charge < -0.3 is 10.4 Å². The van der Waals surface area contributed by atoms with E-state index in [2.05, 4.69) is 10.4 Å². The number of fused-ring (bicyclic) bond motifs is 3. The Labute approximate surface area is 160 Å². The van der Waals surface area contributed by atoms with E-state index in [4.69, 9.17) is 0 Å². The number of nitrogens with zero attached hydrogens (tertiary/aromatic N) is 3. The summed E-state index contributed by atoms with van der Waals surface area (Å²) in [6, 6.07) is 12.2. The maximum absolute atomic E-state index is 12.9. The van der Waals surface area contributed by atoms with Crippen molar-refractivity contribution >= 4 is 28.2 Å². The van der Waals surface area contributed by atoms with Gasteiger partial charge in [-0.15, -0.1) is 0 Å². The number of aryl methyl sites for hydroxylation is 2. The zero-order chi connectivity index (χ0) is 20.0. The summed E-state index contributed by atoms with van der Waals surface area (Å²) in [5, 5.41) is 17.7.